The number of halogens is 1. The normalized spacial score (nSPS) is 21.7. The van der Waals surface area contributed by atoms with Gasteiger partial charge >= 0.3 is 12.1 Å². The van der Waals surface area contributed by atoms with E-state index in [0.29, 0.717) is 11.1 Å². The Morgan fingerprint density at radius 3 is 2.41 bits per heavy atom. The van der Waals surface area contributed by atoms with Gasteiger partial charge in [-0.15, -0.1) is 11.8 Å². The Bertz CT molecular complexity index is 1280. The van der Waals surface area contributed by atoms with Crippen LogP contribution in [-0.2, 0) is 30.5 Å². The zero-order valence-electron chi connectivity index (χ0n) is 20.9. The summed E-state index contributed by atoms with van der Waals surface area (Å²) in [5.74, 6) is -1.64. The Labute approximate surface area is 241 Å². The second-order valence-electron chi connectivity index (χ2n) is 9.31. The summed E-state index contributed by atoms with van der Waals surface area (Å²) in [5.41, 5.74) is 0.998. The number of alkyl halides is 1. The van der Waals surface area contributed by atoms with Gasteiger partial charge in [0.15, 0.2) is 0 Å². The number of non-ortho nitro benzene ring substituents is 1. The molecule has 12 nitrogen and oxygen atoms in total. The van der Waals surface area contributed by atoms with Crippen LogP contribution in [0, 0.1) is 10.1 Å². The molecule has 0 spiro atoms. The fraction of sp³-hybridized carbons (Fsp3) is 0.360. The van der Waals surface area contributed by atoms with Crippen LogP contribution in [0.1, 0.15) is 31.0 Å². The monoisotopic (exact) mass is 668 g/mol. The number of hydrogen-bond acceptors (Lipinski definition) is 9. The number of amides is 3. The minimum atomic E-state index is -1.09. The first-order chi connectivity index (χ1) is 18.5. The summed E-state index contributed by atoms with van der Waals surface area (Å²) < 4.78 is 9.76. The molecule has 2 aromatic carbocycles. The van der Waals surface area contributed by atoms with Crippen LogP contribution >= 0.6 is 34.4 Å². The van der Waals surface area contributed by atoms with Crippen LogP contribution in [0.3, 0.4) is 0 Å². The quantitative estimate of drug-likeness (QED) is 0.102. The van der Waals surface area contributed by atoms with Crippen molar-refractivity contribution in [3.8, 4) is 0 Å². The number of nitro groups is 1. The molecule has 2 aliphatic rings. The molecular weight excluding hydrogens is 643 g/mol. The molecule has 0 aromatic heterocycles. The second-order valence-corrected chi connectivity index (χ2v) is 11.7. The highest BCUT2D eigenvalue weighted by molar-refractivity contribution is 14.1. The van der Waals surface area contributed by atoms with Gasteiger partial charge in [-0.25, -0.2) is 9.59 Å². The number of carbonyl (C=O) groups excluding carboxylic acids is 4. The van der Waals surface area contributed by atoms with Crippen LogP contribution < -0.4 is 10.6 Å². The Morgan fingerprint density at radius 2 is 1.79 bits per heavy atom. The number of rotatable bonds is 9. The Morgan fingerprint density at radius 1 is 1.13 bits per heavy atom. The fourth-order valence-electron chi connectivity index (χ4n) is 4.47. The van der Waals surface area contributed by atoms with Crippen molar-refractivity contribution in [2.75, 3.05) is 4.61 Å². The van der Waals surface area contributed by atoms with E-state index in [2.05, 4.69) is 10.6 Å². The minimum absolute atomic E-state index is 0.0768. The molecule has 2 saturated heterocycles. The third-order valence-electron chi connectivity index (χ3n) is 6.33. The zero-order chi connectivity index (χ0) is 28.3. The van der Waals surface area contributed by atoms with E-state index in [9.17, 15) is 29.3 Å². The van der Waals surface area contributed by atoms with Crippen molar-refractivity contribution < 1.29 is 33.6 Å². The molecule has 39 heavy (non-hydrogen) atoms. The van der Waals surface area contributed by atoms with Gasteiger partial charge in [-0.2, -0.15) is 0 Å². The first-order valence-corrected chi connectivity index (χ1v) is 14.2. The molecule has 4 rings (SSSR count). The molecule has 0 saturated carbocycles. The van der Waals surface area contributed by atoms with Crippen molar-refractivity contribution in [2.24, 2.45) is 0 Å². The van der Waals surface area contributed by atoms with Crippen molar-refractivity contribution in [3.05, 3.63) is 75.8 Å². The number of hydrogen-bond donors (Lipinski definition) is 2. The first kappa shape index (κ1) is 28.6. The number of alkyl carbamates (subject to hydrolysis) is 1. The lowest BCUT2D eigenvalue weighted by Gasteiger charge is -2.44. The van der Waals surface area contributed by atoms with Crippen LogP contribution in [0.5, 0.6) is 0 Å². The topological polar surface area (TPSA) is 157 Å². The molecule has 0 aliphatic carbocycles. The standard InChI is InChI=1S/C25H25IN4O8S/c1-25(2)19(23(33)37-12-14-8-10-16(11-9-14)30(35)36)29-21(32)18(22(29)39-25)27-20(31)17(28-24(34)38-13-26)15-6-4-3-5-7-15/h3-11,17-19,22H,12-13H2,1-2H3,(H,27,31)(H,28,34)/t17?,18-,19+,22-/m1/s1. The zero-order valence-corrected chi connectivity index (χ0v) is 23.8. The van der Waals surface area contributed by atoms with E-state index < -0.39 is 57.0 Å². The molecule has 206 valence electrons. The third-order valence-corrected chi connectivity index (χ3v) is 8.22. The van der Waals surface area contributed by atoms with Crippen LogP contribution in [0.4, 0.5) is 10.5 Å². The number of nitrogens with zero attached hydrogens (tertiary/aromatic N) is 2. The lowest BCUT2D eigenvalue weighted by Crippen LogP contribution is -2.71. The molecule has 4 atom stereocenters. The van der Waals surface area contributed by atoms with Gasteiger partial charge in [0.1, 0.15) is 34.7 Å². The maximum Gasteiger partial charge on any atom is 0.408 e. The number of thioether (sulfide) groups is 1. The summed E-state index contributed by atoms with van der Waals surface area (Å²) in [6.45, 7) is 3.52. The van der Waals surface area contributed by atoms with E-state index >= 15 is 0 Å². The summed E-state index contributed by atoms with van der Waals surface area (Å²) in [6, 6.07) is 11.3. The number of nitrogens with one attached hydrogen (secondary N) is 2. The molecule has 2 aromatic rings. The second kappa shape index (κ2) is 11.8. The summed E-state index contributed by atoms with van der Waals surface area (Å²) in [5, 5.41) is 15.6. The Balaban J connectivity index is 1.42. The summed E-state index contributed by atoms with van der Waals surface area (Å²) in [6.07, 6.45) is -0.776. The smallest absolute Gasteiger partial charge is 0.408 e. The summed E-state index contributed by atoms with van der Waals surface area (Å²) in [4.78, 5) is 63.2. The number of β-lactam (4-membered cyclic amide) rings is 1. The lowest BCUT2D eigenvalue weighted by atomic mass is 9.95. The maximum absolute atomic E-state index is 13.2. The molecular formula is C25H25IN4O8S. The highest BCUT2D eigenvalue weighted by atomic mass is 127. The van der Waals surface area contributed by atoms with Crippen LogP contribution in [-0.4, -0.2) is 60.5 Å². The van der Waals surface area contributed by atoms with Gasteiger partial charge in [0.25, 0.3) is 5.69 Å². The number of ether oxygens (including phenoxy) is 2. The van der Waals surface area contributed by atoms with Gasteiger partial charge in [-0.1, -0.05) is 30.3 Å². The Hall–Kier alpha value is -3.40. The van der Waals surface area contributed by atoms with E-state index in [1.54, 1.807) is 30.3 Å². The molecule has 3 amide bonds. The first-order valence-electron chi connectivity index (χ1n) is 11.8. The Kier molecular flexibility index (Phi) is 8.64. The largest absolute Gasteiger partial charge is 0.459 e. The van der Waals surface area contributed by atoms with E-state index in [4.69, 9.17) is 9.47 Å². The van der Waals surface area contributed by atoms with Crippen LogP contribution in [0.2, 0.25) is 0 Å². The SMILES string of the molecule is CC1(C)S[C@@H]2[C@H](NC(=O)C(NC(=O)OCI)c3ccccc3)C(=O)N2[C@H]1C(=O)OCc1ccc([N+](=O)[O-])cc1. The predicted molar refractivity (Wildman–Crippen MR) is 149 cm³/mol. The molecule has 0 bridgehead atoms. The van der Waals surface area contributed by atoms with Gasteiger partial charge in [-0.05, 0) is 59.7 Å². The van der Waals surface area contributed by atoms with Gasteiger partial charge in [0, 0.05) is 16.9 Å². The molecule has 2 N–H and O–H groups in total. The highest BCUT2D eigenvalue weighted by Crippen LogP contribution is 2.51. The van der Waals surface area contributed by atoms with E-state index in [1.165, 1.54) is 40.9 Å². The van der Waals surface area contributed by atoms with E-state index in [1.807, 2.05) is 36.4 Å². The van der Waals surface area contributed by atoms with Gasteiger partial charge in [0.2, 0.25) is 11.8 Å². The van der Waals surface area contributed by atoms with Crippen molar-refractivity contribution in [3.63, 3.8) is 0 Å². The highest BCUT2D eigenvalue weighted by Gasteiger charge is 2.64. The van der Waals surface area contributed by atoms with Crippen molar-refractivity contribution in [2.45, 2.75) is 48.7 Å². The molecule has 2 fully saturated rings. The van der Waals surface area contributed by atoms with Gasteiger partial charge < -0.3 is 25.0 Å². The van der Waals surface area contributed by atoms with Crippen molar-refractivity contribution in [1.82, 2.24) is 15.5 Å². The summed E-state index contributed by atoms with van der Waals surface area (Å²) in [7, 11) is 0. The number of fused-ring (bicyclic) bond motifs is 1. The van der Waals surface area contributed by atoms with E-state index in [-0.39, 0.29) is 16.9 Å². The fourth-order valence-corrected chi connectivity index (χ4v) is 6.37. The molecule has 2 aliphatic heterocycles. The third kappa shape index (κ3) is 6.11. The summed E-state index contributed by atoms with van der Waals surface area (Å²) >= 11 is 3.23. The number of carbonyl (C=O) groups is 4. The minimum Gasteiger partial charge on any atom is -0.459 e. The lowest BCUT2D eigenvalue weighted by molar-refractivity contribution is -0.384. The maximum atomic E-state index is 13.2. The number of esters is 1. The van der Waals surface area contributed by atoms with Gasteiger partial charge in [-0.3, -0.25) is 19.7 Å². The molecule has 2 heterocycles. The number of nitro benzene ring substituents is 1. The van der Waals surface area contributed by atoms with Crippen molar-refractivity contribution >= 4 is 63.9 Å². The van der Waals surface area contributed by atoms with Crippen LogP contribution in [0.25, 0.3) is 0 Å². The average Bonchev–Trinajstić information content (AvgIpc) is 3.17. The van der Waals surface area contributed by atoms with Crippen LogP contribution in [0.15, 0.2) is 54.6 Å². The molecule has 14 heteroatoms. The van der Waals surface area contributed by atoms with Crippen molar-refractivity contribution in [1.29, 1.82) is 0 Å². The van der Waals surface area contributed by atoms with Gasteiger partial charge in [0.05, 0.1) is 4.92 Å². The predicted octanol–water partition coefficient (Wildman–Crippen LogP) is 3.05. The number of benzene rings is 2. The average molecular weight is 668 g/mol. The molecule has 0 radical (unpaired) electrons. The van der Waals surface area contributed by atoms with E-state index in [0.717, 1.165) is 0 Å². The molecule has 1 unspecified atom stereocenters.